The molecule has 34 heavy (non-hydrogen) atoms. The zero-order valence-electron chi connectivity index (χ0n) is 23.9. The van der Waals surface area contributed by atoms with Crippen molar-refractivity contribution in [1.82, 2.24) is 0 Å². The standard InChI is InChI=1S/C17H27O2SSi.3C4H9.Sn/c1-15-9-11-16(12-10-15)20(18)14-8-7-13-19-21(5,6)17(2,3)4;3*1-3-4-2;/h8-12H,7,13H2,1-6H3;3*1,3-4H2,2H3;/t20-;;;;/m1..../s1. The number of hydrogen-bond acceptors (Lipinski definition) is 2. The summed E-state index contributed by atoms with van der Waals surface area (Å²) in [6.45, 7) is 21.3. The number of benzene rings is 1. The van der Waals surface area contributed by atoms with E-state index in [-0.39, 0.29) is 5.04 Å². The fourth-order valence-electron chi connectivity index (χ4n) is 4.29. The summed E-state index contributed by atoms with van der Waals surface area (Å²) in [7, 11) is -2.81. The fraction of sp³-hybridized carbons (Fsp3) is 0.724. The predicted molar refractivity (Wildman–Crippen MR) is 158 cm³/mol. The Hall–Kier alpha value is 0.0856. The van der Waals surface area contributed by atoms with E-state index in [1.54, 1.807) is 0 Å². The summed E-state index contributed by atoms with van der Waals surface area (Å²) in [4.78, 5) is 0.993. The van der Waals surface area contributed by atoms with Crippen LogP contribution in [-0.2, 0) is 15.2 Å². The first-order valence-corrected chi connectivity index (χ1v) is 25.3. The molecule has 0 saturated heterocycles. The Morgan fingerprint density at radius 1 is 0.941 bits per heavy atom. The number of hydrogen-bond donors (Lipinski definition) is 0. The van der Waals surface area contributed by atoms with E-state index in [2.05, 4.69) is 91.9 Å². The molecule has 0 amide bonds. The van der Waals surface area contributed by atoms with Gasteiger partial charge < -0.3 is 0 Å². The fourth-order valence-corrected chi connectivity index (χ4v) is 27.8. The molecular weight excluding hydrogens is 559 g/mol. The van der Waals surface area contributed by atoms with Crippen LogP contribution < -0.4 is 0 Å². The van der Waals surface area contributed by atoms with Crippen LogP contribution in [0.25, 0.3) is 0 Å². The number of unbranched alkanes of at least 4 members (excludes halogenated alkanes) is 3. The van der Waals surface area contributed by atoms with Crippen molar-refractivity contribution in [3.05, 3.63) is 38.8 Å². The second-order valence-corrected chi connectivity index (χ2v) is 32.1. The first-order chi connectivity index (χ1) is 15.9. The molecule has 0 N–H and O–H groups in total. The topological polar surface area (TPSA) is 26.3 Å². The third-order valence-electron chi connectivity index (χ3n) is 7.70. The van der Waals surface area contributed by atoms with Gasteiger partial charge in [0, 0.05) is 0 Å². The molecule has 1 atom stereocenters. The molecule has 0 aromatic heterocycles. The second kappa shape index (κ2) is 15.4. The molecule has 0 bridgehead atoms. The molecule has 1 rings (SSSR count). The van der Waals surface area contributed by atoms with E-state index in [1.165, 1.54) is 60.3 Å². The molecule has 196 valence electrons. The Morgan fingerprint density at radius 3 is 1.82 bits per heavy atom. The molecule has 0 fully saturated rings. The van der Waals surface area contributed by atoms with Gasteiger partial charge in [0.05, 0.1) is 0 Å². The molecule has 1 aromatic rings. The molecule has 0 saturated carbocycles. The summed E-state index contributed by atoms with van der Waals surface area (Å²) in [5.74, 6) is 0. The van der Waals surface area contributed by atoms with Crippen LogP contribution in [0.1, 0.15) is 92.1 Å². The van der Waals surface area contributed by atoms with Gasteiger partial charge in [-0.25, -0.2) is 0 Å². The number of rotatable bonds is 16. The van der Waals surface area contributed by atoms with Gasteiger partial charge in [0.25, 0.3) is 0 Å². The Labute approximate surface area is 220 Å². The quantitative estimate of drug-likeness (QED) is 0.137. The van der Waals surface area contributed by atoms with Gasteiger partial charge >= 0.3 is 221 Å². The van der Waals surface area contributed by atoms with Gasteiger partial charge in [-0.2, -0.15) is 0 Å². The predicted octanol–water partition coefficient (Wildman–Crippen LogP) is 9.79. The van der Waals surface area contributed by atoms with Gasteiger partial charge in [-0.3, -0.25) is 0 Å². The van der Waals surface area contributed by atoms with Crippen molar-refractivity contribution >= 4 is 37.5 Å². The van der Waals surface area contributed by atoms with E-state index in [0.717, 1.165) is 17.9 Å². The maximum atomic E-state index is 14.2. The van der Waals surface area contributed by atoms with Gasteiger partial charge in [-0.05, 0) is 0 Å². The van der Waals surface area contributed by atoms with Crippen LogP contribution in [0.15, 0.2) is 38.2 Å². The van der Waals surface area contributed by atoms with E-state index in [4.69, 9.17) is 4.43 Å². The van der Waals surface area contributed by atoms with Gasteiger partial charge in [0.1, 0.15) is 0 Å². The van der Waals surface area contributed by atoms with E-state index in [9.17, 15) is 4.21 Å². The van der Waals surface area contributed by atoms with Crippen molar-refractivity contribution < 1.29 is 8.63 Å². The van der Waals surface area contributed by atoms with E-state index < -0.39 is 37.5 Å². The summed E-state index contributed by atoms with van der Waals surface area (Å²) < 4.78 is 26.1. The third-order valence-corrected chi connectivity index (χ3v) is 32.8. The first kappa shape index (κ1) is 32.1. The van der Waals surface area contributed by atoms with Gasteiger partial charge in [-0.1, -0.05) is 0 Å². The van der Waals surface area contributed by atoms with Crippen molar-refractivity contribution in [3.63, 3.8) is 0 Å². The molecule has 0 aliphatic heterocycles. The molecule has 2 nitrogen and oxygen atoms in total. The molecule has 0 spiro atoms. The van der Waals surface area contributed by atoms with Crippen molar-refractivity contribution in [2.45, 2.75) is 130 Å². The van der Waals surface area contributed by atoms with Crippen molar-refractivity contribution in [2.75, 3.05) is 6.61 Å². The third kappa shape index (κ3) is 9.86. The average Bonchev–Trinajstić information content (AvgIpc) is 2.78. The van der Waals surface area contributed by atoms with Crippen molar-refractivity contribution in [2.24, 2.45) is 0 Å². The molecule has 0 radical (unpaired) electrons. The van der Waals surface area contributed by atoms with Crippen molar-refractivity contribution in [3.8, 4) is 0 Å². The summed E-state index contributed by atoms with van der Waals surface area (Å²) in [6, 6.07) is 8.43. The minimum atomic E-state index is -2.83. The second-order valence-electron chi connectivity index (χ2n) is 11.6. The molecule has 0 aliphatic rings. The Balaban J connectivity index is 3.40. The maximum absolute atomic E-state index is 14.2. The van der Waals surface area contributed by atoms with Crippen LogP contribution >= 0.6 is 0 Å². The van der Waals surface area contributed by atoms with Crippen LogP contribution in [0.3, 0.4) is 0 Å². The van der Waals surface area contributed by atoms with Crippen LogP contribution in [0.2, 0.25) is 31.4 Å². The van der Waals surface area contributed by atoms with Crippen LogP contribution in [0.4, 0.5) is 0 Å². The summed E-state index contributed by atoms with van der Waals surface area (Å²) in [5.41, 5.74) is 1.23. The summed E-state index contributed by atoms with van der Waals surface area (Å²) >= 11 is -2.83. The summed E-state index contributed by atoms with van der Waals surface area (Å²) in [6.07, 6.45) is 10.9. The molecule has 0 unspecified atom stereocenters. The molecule has 1 aromatic carbocycles. The molecule has 0 heterocycles. The van der Waals surface area contributed by atoms with E-state index >= 15 is 0 Å². The van der Waals surface area contributed by atoms with Crippen molar-refractivity contribution in [1.29, 1.82) is 0 Å². The average molecular weight is 614 g/mol. The van der Waals surface area contributed by atoms with Crippen LogP contribution in [0.5, 0.6) is 0 Å². The normalized spacial score (nSPS) is 14.4. The summed E-state index contributed by atoms with van der Waals surface area (Å²) in [5, 5.41) is 0.219. The monoisotopic (exact) mass is 614 g/mol. The zero-order valence-corrected chi connectivity index (χ0v) is 28.6. The van der Waals surface area contributed by atoms with Crippen LogP contribution in [0, 0.1) is 6.92 Å². The van der Waals surface area contributed by atoms with Crippen LogP contribution in [-0.4, -0.2) is 37.5 Å². The minimum absolute atomic E-state index is 0.219. The first-order valence-electron chi connectivity index (χ1n) is 13.8. The molecular formula is C29H54O2SSiSn. The van der Waals surface area contributed by atoms with Gasteiger partial charge in [-0.15, -0.1) is 0 Å². The Bertz CT molecular complexity index is 744. The Kier molecular flexibility index (Phi) is 14.5. The van der Waals surface area contributed by atoms with E-state index in [0.29, 0.717) is 0 Å². The van der Waals surface area contributed by atoms with E-state index in [1.807, 2.05) is 0 Å². The number of aryl methyl sites for hydroxylation is 1. The molecule has 5 heteroatoms. The SMILES string of the molecule is CCC[CH2][Sn]([CH2]CCC)([CH2]CCC)/[C](=C/CCO[Si](C)(C)C(C)(C)C)[S@@](=O)c1ccc(C)cc1. The van der Waals surface area contributed by atoms with Gasteiger partial charge in [0.15, 0.2) is 0 Å². The zero-order chi connectivity index (χ0) is 25.8. The Morgan fingerprint density at radius 2 is 1.41 bits per heavy atom. The molecule has 0 aliphatic carbocycles. The van der Waals surface area contributed by atoms with Gasteiger partial charge in [0.2, 0.25) is 0 Å².